The smallest absolute Gasteiger partial charge is 0.331 e. The number of fused-ring (bicyclic) bond motifs is 4. The first-order chi connectivity index (χ1) is 15.8. The minimum atomic E-state index is -3.26. The zero-order valence-corrected chi connectivity index (χ0v) is 22.2. The zero-order valence-electron chi connectivity index (χ0n) is 20.5. The van der Waals surface area contributed by atoms with Crippen LogP contribution in [0.3, 0.4) is 0 Å². The fraction of sp³-hybridized carbons (Fsp3) is 0.783. The molecule has 0 aromatic carbocycles. The summed E-state index contributed by atoms with van der Waals surface area (Å²) in [5.74, 6) is -0.113. The van der Waals surface area contributed by atoms with E-state index >= 15 is 0 Å². The second-order valence-corrected chi connectivity index (χ2v) is 13.4. The first kappa shape index (κ1) is 24.6. The third kappa shape index (κ3) is 4.12. The highest BCUT2D eigenvalue weighted by atomic mass is 35.5. The Bertz CT molecular complexity index is 1050. The van der Waals surface area contributed by atoms with Crippen molar-refractivity contribution in [1.82, 2.24) is 9.97 Å². The lowest BCUT2D eigenvalue weighted by molar-refractivity contribution is -0.162. The third-order valence-corrected chi connectivity index (χ3v) is 9.74. The van der Waals surface area contributed by atoms with Gasteiger partial charge < -0.3 is 24.3 Å². The summed E-state index contributed by atoms with van der Waals surface area (Å²) in [5, 5.41) is 0.116. The van der Waals surface area contributed by atoms with Gasteiger partial charge in [0.05, 0.1) is 36.3 Å². The SMILES string of the molecule is CC(C)OP(=O)(CC[C@@]12C[C@@H]1[C@@H](C1C=Nc3c(N)nc(Cl)nc31)[C@@H]1OC(C)(C)O[C@@H]12)OC(C)C. The molecule has 3 fully saturated rings. The van der Waals surface area contributed by atoms with Crippen LogP contribution in [0.1, 0.15) is 66.0 Å². The van der Waals surface area contributed by atoms with Gasteiger partial charge in [-0.25, -0.2) is 4.98 Å². The molecule has 1 unspecified atom stereocenters. The first-order valence-electron chi connectivity index (χ1n) is 12.0. The minimum absolute atomic E-state index is 0.0946. The second kappa shape index (κ2) is 8.22. The zero-order chi connectivity index (χ0) is 24.6. The number of rotatable bonds is 8. The first-order valence-corrected chi connectivity index (χ1v) is 14.1. The van der Waals surface area contributed by atoms with Gasteiger partial charge in [0.25, 0.3) is 0 Å². The number of nitrogen functional groups attached to an aromatic ring is 1. The van der Waals surface area contributed by atoms with Gasteiger partial charge in [-0.05, 0) is 71.9 Å². The maximum absolute atomic E-state index is 13.6. The summed E-state index contributed by atoms with van der Waals surface area (Å²) in [6, 6.07) is 0. The number of nitrogens with zero attached hydrogens (tertiary/aromatic N) is 3. The van der Waals surface area contributed by atoms with E-state index in [9.17, 15) is 4.57 Å². The fourth-order valence-corrected chi connectivity index (χ4v) is 8.69. The van der Waals surface area contributed by atoms with Crippen LogP contribution in [0, 0.1) is 17.3 Å². The number of nitrogens with two attached hydrogens (primary N) is 1. The minimum Gasteiger partial charge on any atom is -0.382 e. The topological polar surface area (TPSA) is 118 Å². The number of halogens is 1. The highest BCUT2D eigenvalue weighted by Gasteiger charge is 2.76. The van der Waals surface area contributed by atoms with Crippen molar-refractivity contribution in [2.45, 2.75) is 90.5 Å². The molecule has 2 aliphatic carbocycles. The molecule has 0 spiro atoms. The normalized spacial score (nSPS) is 35.1. The van der Waals surface area contributed by atoms with Crippen molar-refractivity contribution in [3.05, 3.63) is 11.0 Å². The third-order valence-electron chi connectivity index (χ3n) is 7.32. The molecule has 11 heteroatoms. The van der Waals surface area contributed by atoms with Crippen molar-refractivity contribution in [2.24, 2.45) is 22.2 Å². The summed E-state index contributed by atoms with van der Waals surface area (Å²) in [7, 11) is -3.26. The number of aliphatic imine (C=N–C) groups is 1. The monoisotopic (exact) mass is 512 g/mol. The molecule has 2 saturated carbocycles. The molecule has 1 saturated heterocycles. The Morgan fingerprint density at radius 2 is 1.88 bits per heavy atom. The van der Waals surface area contributed by atoms with E-state index in [0.717, 1.165) is 12.1 Å². The van der Waals surface area contributed by atoms with Crippen LogP contribution in [0.5, 0.6) is 0 Å². The van der Waals surface area contributed by atoms with Gasteiger partial charge in [0.2, 0.25) is 5.28 Å². The van der Waals surface area contributed by atoms with E-state index in [0.29, 0.717) is 24.2 Å². The Morgan fingerprint density at radius 1 is 1.21 bits per heavy atom. The van der Waals surface area contributed by atoms with Crippen LogP contribution in [-0.4, -0.2) is 52.5 Å². The van der Waals surface area contributed by atoms with Gasteiger partial charge in [-0.15, -0.1) is 0 Å². The van der Waals surface area contributed by atoms with Crippen LogP contribution in [0.2, 0.25) is 5.28 Å². The molecular weight excluding hydrogens is 479 g/mol. The molecule has 1 aromatic heterocycles. The predicted octanol–water partition coefficient (Wildman–Crippen LogP) is 5.10. The molecule has 2 aliphatic heterocycles. The lowest BCUT2D eigenvalue weighted by Gasteiger charge is -2.27. The molecule has 4 aliphatic rings. The molecule has 5 rings (SSSR count). The molecule has 2 N–H and O–H groups in total. The highest BCUT2D eigenvalue weighted by molar-refractivity contribution is 7.53. The standard InChI is InChI=1S/C23H34ClN4O5P/c1-11(2)32-34(29,33-12(3)4)8-7-23-9-14(23)15(18-19(23)31-22(5,6)30-18)13-10-26-17-16(13)27-21(24)28-20(17)25/h10-15,18-19H,7-9H2,1-6H3,(H2,25,27,28)/t13?,14-,15-,18+,19+,23-/m1/s1. The van der Waals surface area contributed by atoms with Gasteiger partial charge in [0.15, 0.2) is 11.6 Å². The number of aromatic nitrogens is 2. The van der Waals surface area contributed by atoms with E-state index < -0.39 is 13.4 Å². The van der Waals surface area contributed by atoms with Crippen LogP contribution in [-0.2, 0) is 23.1 Å². The van der Waals surface area contributed by atoms with E-state index in [1.54, 1.807) is 0 Å². The number of anilines is 1. The van der Waals surface area contributed by atoms with Crippen LogP contribution in [0.4, 0.5) is 11.5 Å². The van der Waals surface area contributed by atoms with Crippen molar-refractivity contribution in [3.63, 3.8) is 0 Å². The van der Waals surface area contributed by atoms with Crippen LogP contribution < -0.4 is 5.73 Å². The van der Waals surface area contributed by atoms with Crippen LogP contribution in [0.25, 0.3) is 0 Å². The molecule has 0 bridgehead atoms. The maximum Gasteiger partial charge on any atom is 0.331 e. The lowest BCUT2D eigenvalue weighted by atomic mass is 9.84. The van der Waals surface area contributed by atoms with E-state index in [-0.39, 0.29) is 52.8 Å². The second-order valence-electron chi connectivity index (χ2n) is 11.0. The van der Waals surface area contributed by atoms with E-state index in [4.69, 9.17) is 35.9 Å². The summed E-state index contributed by atoms with van der Waals surface area (Å²) >= 11 is 6.14. The van der Waals surface area contributed by atoms with Crippen molar-refractivity contribution in [3.8, 4) is 0 Å². The van der Waals surface area contributed by atoms with Gasteiger partial charge in [-0.3, -0.25) is 9.56 Å². The van der Waals surface area contributed by atoms with E-state index in [1.807, 2.05) is 47.8 Å². The van der Waals surface area contributed by atoms with Crippen molar-refractivity contribution < 1.29 is 23.1 Å². The largest absolute Gasteiger partial charge is 0.382 e. The summed E-state index contributed by atoms with van der Waals surface area (Å²) in [4.78, 5) is 13.1. The maximum atomic E-state index is 13.6. The Kier molecular flexibility index (Phi) is 5.95. The Hall–Kier alpha value is -1.09. The highest BCUT2D eigenvalue weighted by Crippen LogP contribution is 2.75. The molecule has 1 aromatic rings. The molecule has 0 radical (unpaired) electrons. The predicted molar refractivity (Wildman–Crippen MR) is 130 cm³/mol. The average molecular weight is 513 g/mol. The summed E-state index contributed by atoms with van der Waals surface area (Å²) in [5.41, 5.74) is 7.24. The van der Waals surface area contributed by atoms with Gasteiger partial charge in [-0.2, -0.15) is 4.98 Å². The quantitative estimate of drug-likeness (QED) is 0.377. The van der Waals surface area contributed by atoms with Gasteiger partial charge >= 0.3 is 7.60 Å². The summed E-state index contributed by atoms with van der Waals surface area (Å²) in [6.07, 6.45) is 3.24. The fourth-order valence-electron chi connectivity index (χ4n) is 6.28. The molecule has 9 nitrogen and oxygen atoms in total. The van der Waals surface area contributed by atoms with Gasteiger partial charge in [-0.1, -0.05) is 0 Å². The Labute approximate surface area is 205 Å². The van der Waals surface area contributed by atoms with Gasteiger partial charge in [0, 0.05) is 23.5 Å². The van der Waals surface area contributed by atoms with Crippen LogP contribution in [0.15, 0.2) is 4.99 Å². The van der Waals surface area contributed by atoms with Crippen LogP contribution >= 0.6 is 19.2 Å². The Balaban J connectivity index is 1.43. The molecule has 188 valence electrons. The summed E-state index contributed by atoms with van der Waals surface area (Å²) in [6.45, 7) is 11.4. The summed E-state index contributed by atoms with van der Waals surface area (Å²) < 4.78 is 38.1. The number of hydrogen-bond acceptors (Lipinski definition) is 9. The molecule has 6 atom stereocenters. The van der Waals surface area contributed by atoms with Crippen molar-refractivity contribution >= 4 is 36.9 Å². The molecule has 0 amide bonds. The van der Waals surface area contributed by atoms with E-state index in [1.165, 1.54) is 0 Å². The van der Waals surface area contributed by atoms with Crippen molar-refractivity contribution in [2.75, 3.05) is 11.9 Å². The number of ether oxygens (including phenoxy) is 2. The molecular formula is C23H34ClN4O5P. The molecule has 3 heterocycles. The average Bonchev–Trinajstić information content (AvgIpc) is 2.95. The lowest BCUT2D eigenvalue weighted by Crippen LogP contribution is -2.33. The van der Waals surface area contributed by atoms with Gasteiger partial charge in [0.1, 0.15) is 5.69 Å². The number of hydrogen-bond donors (Lipinski definition) is 1. The molecule has 34 heavy (non-hydrogen) atoms. The van der Waals surface area contributed by atoms with Crippen molar-refractivity contribution in [1.29, 1.82) is 0 Å². The Morgan fingerprint density at radius 3 is 2.53 bits per heavy atom. The van der Waals surface area contributed by atoms with E-state index in [2.05, 4.69) is 15.0 Å².